The Kier molecular flexibility index (Phi) is 8.07. The highest BCUT2D eigenvalue weighted by Crippen LogP contribution is 2.44. The fourth-order valence-corrected chi connectivity index (χ4v) is 7.59. The summed E-state index contributed by atoms with van der Waals surface area (Å²) in [4.78, 5) is 2.40. The van der Waals surface area contributed by atoms with E-state index in [1.54, 1.807) is 0 Å². The Morgan fingerprint density at radius 2 is 1.06 bits per heavy atom. The van der Waals surface area contributed by atoms with E-state index in [0.29, 0.717) is 0 Å². The molecule has 0 saturated carbocycles. The molecule has 0 radical (unpaired) electrons. The average molecular weight is 689 g/mol. The molecule has 4 nitrogen and oxygen atoms in total. The first kappa shape index (κ1) is 33.0. The monoisotopic (exact) mass is 688 g/mol. The quantitative estimate of drug-likeness (QED) is 0.156. The summed E-state index contributed by atoms with van der Waals surface area (Å²) in [6.07, 6.45) is 0. The van der Waals surface area contributed by atoms with Crippen LogP contribution < -0.4 is 10.4 Å². The molecule has 0 amide bonds. The number of hydrogen-bond acceptors (Lipinski definition) is 3. The van der Waals surface area contributed by atoms with Gasteiger partial charge < -0.3 is 18.8 Å². The smallest absolute Gasteiger partial charge is 0.399 e. The second-order valence-corrected chi connectivity index (χ2v) is 14.9. The second kappa shape index (κ2) is 13.0. The first-order valence-corrected chi connectivity index (χ1v) is 18.4. The summed E-state index contributed by atoms with van der Waals surface area (Å²) in [5.74, 6) is 0. The molecule has 0 unspecified atom stereocenters. The fraction of sp³-hybridized carbons (Fsp3) is 0.125. The minimum Gasteiger partial charge on any atom is -0.399 e. The average Bonchev–Trinajstić information content (AvgIpc) is 3.64. The minimum atomic E-state index is -0.528. The molecule has 0 N–H and O–H groups in total. The second-order valence-electron chi connectivity index (χ2n) is 14.9. The molecule has 2 heterocycles. The Morgan fingerprint density at radius 3 is 1.77 bits per heavy atom. The normalized spacial score (nSPS) is 14.9. The number of aromatic nitrogens is 1. The van der Waals surface area contributed by atoms with Gasteiger partial charge in [-0.2, -0.15) is 0 Å². The first-order valence-electron chi connectivity index (χ1n) is 18.4. The highest BCUT2D eigenvalue weighted by molar-refractivity contribution is 6.62. The van der Waals surface area contributed by atoms with E-state index in [9.17, 15) is 0 Å². The van der Waals surface area contributed by atoms with Crippen LogP contribution in [-0.4, -0.2) is 22.9 Å². The zero-order valence-electron chi connectivity index (χ0n) is 30.5. The summed E-state index contributed by atoms with van der Waals surface area (Å²) < 4.78 is 15.7. The molecule has 1 saturated heterocycles. The van der Waals surface area contributed by atoms with Gasteiger partial charge in [-0.3, -0.25) is 0 Å². The SMILES string of the molecule is CC1(C)OB(c2cc(-c3ccccc3)cc(N(c3ccc4c(c3)c3ccccc3n4-c3ccccc3)c3ccccc3-c3ccccc3)c2)OC1(C)C. The van der Waals surface area contributed by atoms with E-state index >= 15 is 0 Å². The summed E-state index contributed by atoms with van der Waals surface area (Å²) in [6, 6.07) is 62.9. The molecule has 5 heteroatoms. The number of nitrogens with zero attached hydrogens (tertiary/aromatic N) is 2. The topological polar surface area (TPSA) is 26.6 Å². The van der Waals surface area contributed by atoms with Crippen molar-refractivity contribution in [1.82, 2.24) is 4.57 Å². The van der Waals surface area contributed by atoms with E-state index in [2.05, 4.69) is 213 Å². The van der Waals surface area contributed by atoms with Crippen LogP contribution in [0, 0.1) is 0 Å². The molecule has 0 aliphatic carbocycles. The summed E-state index contributed by atoms with van der Waals surface area (Å²) in [7, 11) is -0.528. The maximum atomic E-state index is 6.69. The molecule has 9 rings (SSSR count). The number of hydrogen-bond donors (Lipinski definition) is 0. The van der Waals surface area contributed by atoms with Crippen molar-refractivity contribution in [3.05, 3.63) is 176 Å². The predicted octanol–water partition coefficient (Wildman–Crippen LogP) is 11.9. The van der Waals surface area contributed by atoms with Crippen molar-refractivity contribution in [2.45, 2.75) is 38.9 Å². The van der Waals surface area contributed by atoms with Crippen LogP contribution in [0.2, 0.25) is 0 Å². The van der Waals surface area contributed by atoms with E-state index in [1.807, 2.05) is 0 Å². The van der Waals surface area contributed by atoms with Gasteiger partial charge in [0, 0.05) is 33.4 Å². The first-order chi connectivity index (χ1) is 25.8. The Bertz CT molecular complexity index is 2560. The van der Waals surface area contributed by atoms with Crippen molar-refractivity contribution in [1.29, 1.82) is 0 Å². The number of rotatable bonds is 7. The lowest BCUT2D eigenvalue weighted by Crippen LogP contribution is -2.41. The van der Waals surface area contributed by atoms with Crippen LogP contribution in [0.4, 0.5) is 17.1 Å². The summed E-state index contributed by atoms with van der Waals surface area (Å²) >= 11 is 0. The maximum Gasteiger partial charge on any atom is 0.494 e. The van der Waals surface area contributed by atoms with Gasteiger partial charge in [-0.05, 0) is 104 Å². The number of anilines is 3. The molecule has 258 valence electrons. The largest absolute Gasteiger partial charge is 0.494 e. The van der Waals surface area contributed by atoms with Gasteiger partial charge in [0.15, 0.2) is 0 Å². The Morgan fingerprint density at radius 1 is 0.472 bits per heavy atom. The van der Waals surface area contributed by atoms with Crippen LogP contribution in [0.25, 0.3) is 49.7 Å². The van der Waals surface area contributed by atoms with Crippen LogP contribution in [0.1, 0.15) is 27.7 Å². The van der Waals surface area contributed by atoms with Gasteiger partial charge in [0.1, 0.15) is 0 Å². The van der Waals surface area contributed by atoms with Crippen molar-refractivity contribution < 1.29 is 9.31 Å². The number of para-hydroxylation sites is 3. The molecule has 1 aliphatic heterocycles. The van der Waals surface area contributed by atoms with Gasteiger partial charge in [0.25, 0.3) is 0 Å². The van der Waals surface area contributed by atoms with Crippen LogP contribution in [-0.2, 0) is 9.31 Å². The standard InChI is InChI=1S/C48H41BN2O2/c1-47(2)48(3,4)53-49(52-47)37-30-36(34-18-8-5-9-19-34)31-40(32-37)50(44-26-16-14-24-41(44)35-20-10-6-11-21-35)39-28-29-46-43(33-39)42-25-15-17-27-45(42)51(46)38-22-12-7-13-23-38/h5-33H,1-4H3. The Labute approximate surface area is 312 Å². The lowest BCUT2D eigenvalue weighted by Gasteiger charge is -2.32. The third-order valence-electron chi connectivity index (χ3n) is 11.0. The molecule has 1 aromatic heterocycles. The molecular formula is C48H41BN2O2. The molecule has 0 spiro atoms. The molecule has 53 heavy (non-hydrogen) atoms. The summed E-state index contributed by atoms with van der Waals surface area (Å²) in [5, 5.41) is 2.40. The van der Waals surface area contributed by atoms with E-state index in [-0.39, 0.29) is 0 Å². The third-order valence-corrected chi connectivity index (χ3v) is 11.0. The summed E-state index contributed by atoms with van der Waals surface area (Å²) in [5.41, 5.74) is 11.2. The van der Waals surface area contributed by atoms with E-state index in [0.717, 1.165) is 56.0 Å². The molecule has 7 aromatic carbocycles. The van der Waals surface area contributed by atoms with E-state index in [4.69, 9.17) is 9.31 Å². The predicted molar refractivity (Wildman–Crippen MR) is 222 cm³/mol. The Balaban J connectivity index is 1.31. The van der Waals surface area contributed by atoms with Crippen LogP contribution in [0.15, 0.2) is 176 Å². The van der Waals surface area contributed by atoms with Gasteiger partial charge in [-0.25, -0.2) is 0 Å². The minimum absolute atomic E-state index is 0.474. The van der Waals surface area contributed by atoms with Crippen molar-refractivity contribution in [3.8, 4) is 27.9 Å². The zero-order valence-corrected chi connectivity index (χ0v) is 30.5. The molecule has 8 aromatic rings. The van der Waals surface area contributed by atoms with Gasteiger partial charge >= 0.3 is 7.12 Å². The Hall–Kier alpha value is -5.88. The van der Waals surface area contributed by atoms with Gasteiger partial charge in [0.05, 0.1) is 27.9 Å². The number of benzene rings is 7. The van der Waals surface area contributed by atoms with Crippen molar-refractivity contribution >= 4 is 51.4 Å². The molecular weight excluding hydrogens is 647 g/mol. The van der Waals surface area contributed by atoms with Gasteiger partial charge in [-0.1, -0.05) is 121 Å². The van der Waals surface area contributed by atoms with Crippen molar-refractivity contribution in [2.24, 2.45) is 0 Å². The lowest BCUT2D eigenvalue weighted by atomic mass is 9.77. The zero-order chi connectivity index (χ0) is 36.2. The van der Waals surface area contributed by atoms with Crippen LogP contribution in [0.5, 0.6) is 0 Å². The van der Waals surface area contributed by atoms with Gasteiger partial charge in [-0.15, -0.1) is 0 Å². The highest BCUT2D eigenvalue weighted by Gasteiger charge is 2.52. The fourth-order valence-electron chi connectivity index (χ4n) is 7.59. The van der Waals surface area contributed by atoms with Crippen molar-refractivity contribution in [3.63, 3.8) is 0 Å². The maximum absolute atomic E-state index is 6.69. The van der Waals surface area contributed by atoms with Gasteiger partial charge in [0.2, 0.25) is 0 Å². The molecule has 1 fully saturated rings. The van der Waals surface area contributed by atoms with Crippen LogP contribution >= 0.6 is 0 Å². The molecule has 0 atom stereocenters. The molecule has 0 bridgehead atoms. The number of fused-ring (bicyclic) bond motifs is 3. The molecule has 1 aliphatic rings. The van der Waals surface area contributed by atoms with E-state index in [1.165, 1.54) is 16.3 Å². The van der Waals surface area contributed by atoms with E-state index < -0.39 is 18.3 Å². The van der Waals surface area contributed by atoms with Crippen molar-refractivity contribution in [2.75, 3.05) is 4.90 Å². The van der Waals surface area contributed by atoms with Crippen LogP contribution in [0.3, 0.4) is 0 Å². The lowest BCUT2D eigenvalue weighted by molar-refractivity contribution is 0.00578. The highest BCUT2D eigenvalue weighted by atomic mass is 16.7. The third kappa shape index (κ3) is 5.83. The summed E-state index contributed by atoms with van der Waals surface area (Å²) in [6.45, 7) is 8.44.